The van der Waals surface area contributed by atoms with Gasteiger partial charge in [0, 0.05) is 44.6 Å². The van der Waals surface area contributed by atoms with Crippen LogP contribution in [-0.4, -0.2) is 66.2 Å². The third kappa shape index (κ3) is 3.86. The first kappa shape index (κ1) is 16.3. The minimum Gasteiger partial charge on any atom is -0.296 e. The number of hydrogen-bond acceptors (Lipinski definition) is 5. The normalized spacial score (nSPS) is 23.5. The molecule has 2 fully saturated rings. The highest BCUT2D eigenvalue weighted by Gasteiger charge is 2.31. The minimum atomic E-state index is -3.27. The Bertz CT molecular complexity index is 555. The maximum absolute atomic E-state index is 12.7. The van der Waals surface area contributed by atoms with Crippen LogP contribution in [0.3, 0.4) is 0 Å². The van der Waals surface area contributed by atoms with Gasteiger partial charge in [0.05, 0.1) is 11.2 Å². The van der Waals surface area contributed by atoms with Crippen molar-refractivity contribution in [1.82, 2.24) is 18.5 Å². The molecule has 0 N–H and O–H groups in total. The SMILES string of the molecule is O=S(=O)(N1CCCCC1)N1CCCN(Cc2cscn2)CC1. The number of hydrogen-bond donors (Lipinski definition) is 0. The lowest BCUT2D eigenvalue weighted by atomic mass is 10.2. The largest absolute Gasteiger partial charge is 0.296 e. The van der Waals surface area contributed by atoms with Crippen molar-refractivity contribution in [3.8, 4) is 0 Å². The van der Waals surface area contributed by atoms with Gasteiger partial charge in [-0.3, -0.25) is 4.90 Å². The Morgan fingerprint density at radius 2 is 1.68 bits per heavy atom. The van der Waals surface area contributed by atoms with Gasteiger partial charge in [0.1, 0.15) is 0 Å². The smallest absolute Gasteiger partial charge is 0.282 e. The lowest BCUT2D eigenvalue weighted by molar-refractivity contribution is 0.270. The average molecular weight is 345 g/mol. The number of piperidine rings is 1. The third-order valence-corrected chi connectivity index (χ3v) is 7.05. The lowest BCUT2D eigenvalue weighted by Gasteiger charge is -2.31. The molecule has 22 heavy (non-hydrogen) atoms. The van der Waals surface area contributed by atoms with Crippen molar-refractivity contribution in [2.75, 3.05) is 39.3 Å². The Balaban J connectivity index is 1.59. The van der Waals surface area contributed by atoms with Crippen LogP contribution < -0.4 is 0 Å². The van der Waals surface area contributed by atoms with Gasteiger partial charge in [0.15, 0.2) is 0 Å². The highest BCUT2D eigenvalue weighted by molar-refractivity contribution is 7.86. The zero-order valence-corrected chi connectivity index (χ0v) is 14.5. The van der Waals surface area contributed by atoms with Gasteiger partial charge in [-0.25, -0.2) is 4.98 Å². The lowest BCUT2D eigenvalue weighted by Crippen LogP contribution is -2.47. The van der Waals surface area contributed by atoms with E-state index in [4.69, 9.17) is 0 Å². The van der Waals surface area contributed by atoms with Crippen molar-refractivity contribution in [3.05, 3.63) is 16.6 Å². The van der Waals surface area contributed by atoms with Crippen LogP contribution in [0, 0.1) is 0 Å². The molecule has 2 aliphatic heterocycles. The van der Waals surface area contributed by atoms with Crippen molar-refractivity contribution in [3.63, 3.8) is 0 Å². The van der Waals surface area contributed by atoms with Gasteiger partial charge in [0.25, 0.3) is 10.2 Å². The van der Waals surface area contributed by atoms with Crippen molar-refractivity contribution in [1.29, 1.82) is 0 Å². The van der Waals surface area contributed by atoms with Crippen LogP contribution in [-0.2, 0) is 16.8 Å². The number of aromatic nitrogens is 1. The summed E-state index contributed by atoms with van der Waals surface area (Å²) in [6.07, 6.45) is 4.01. The van der Waals surface area contributed by atoms with Crippen molar-refractivity contribution in [2.45, 2.75) is 32.2 Å². The van der Waals surface area contributed by atoms with Crippen molar-refractivity contribution in [2.24, 2.45) is 0 Å². The van der Waals surface area contributed by atoms with Gasteiger partial charge in [-0.15, -0.1) is 11.3 Å². The van der Waals surface area contributed by atoms with E-state index >= 15 is 0 Å². The third-order valence-electron chi connectivity index (χ3n) is 4.38. The Hall–Kier alpha value is -0.540. The Labute approximate surface area is 136 Å². The summed E-state index contributed by atoms with van der Waals surface area (Å²) in [7, 11) is -3.27. The predicted octanol–water partition coefficient (Wildman–Crippen LogP) is 1.38. The molecule has 0 saturated carbocycles. The summed E-state index contributed by atoms with van der Waals surface area (Å²) >= 11 is 1.61. The van der Waals surface area contributed by atoms with Gasteiger partial charge in [-0.05, 0) is 25.8 Å². The summed E-state index contributed by atoms with van der Waals surface area (Å²) < 4.78 is 28.8. The molecule has 0 spiro atoms. The van der Waals surface area contributed by atoms with E-state index in [1.807, 2.05) is 5.51 Å². The molecule has 3 rings (SSSR count). The number of thiazole rings is 1. The zero-order chi connectivity index (χ0) is 15.4. The Morgan fingerprint density at radius 1 is 0.955 bits per heavy atom. The summed E-state index contributed by atoms with van der Waals surface area (Å²) in [6, 6.07) is 0. The molecule has 1 aromatic rings. The second kappa shape index (κ2) is 7.35. The molecule has 8 heteroatoms. The van der Waals surface area contributed by atoms with Crippen LogP contribution in [0.1, 0.15) is 31.4 Å². The fourth-order valence-electron chi connectivity index (χ4n) is 3.14. The van der Waals surface area contributed by atoms with E-state index in [0.717, 1.165) is 51.0 Å². The van der Waals surface area contributed by atoms with Crippen LogP contribution in [0.5, 0.6) is 0 Å². The number of rotatable bonds is 4. The Kier molecular flexibility index (Phi) is 5.46. The second-order valence-corrected chi connectivity index (χ2v) is 8.62. The van der Waals surface area contributed by atoms with Gasteiger partial charge >= 0.3 is 0 Å². The number of nitrogens with zero attached hydrogens (tertiary/aromatic N) is 4. The molecule has 124 valence electrons. The highest BCUT2D eigenvalue weighted by atomic mass is 32.2. The first-order valence-electron chi connectivity index (χ1n) is 8.01. The highest BCUT2D eigenvalue weighted by Crippen LogP contribution is 2.18. The van der Waals surface area contributed by atoms with Crippen molar-refractivity contribution < 1.29 is 8.42 Å². The molecule has 0 unspecified atom stereocenters. The fourth-order valence-corrected chi connectivity index (χ4v) is 5.41. The van der Waals surface area contributed by atoms with E-state index in [-0.39, 0.29) is 0 Å². The Morgan fingerprint density at radius 3 is 2.41 bits per heavy atom. The van der Waals surface area contributed by atoms with E-state index in [1.54, 1.807) is 19.9 Å². The van der Waals surface area contributed by atoms with Crippen LogP contribution in [0.2, 0.25) is 0 Å². The average Bonchev–Trinajstić information content (AvgIpc) is 2.92. The molecule has 6 nitrogen and oxygen atoms in total. The van der Waals surface area contributed by atoms with Gasteiger partial charge in [-0.2, -0.15) is 17.0 Å². The second-order valence-electron chi connectivity index (χ2n) is 5.98. The quantitative estimate of drug-likeness (QED) is 0.828. The van der Waals surface area contributed by atoms with E-state index in [0.29, 0.717) is 26.2 Å². The monoisotopic (exact) mass is 344 g/mol. The van der Waals surface area contributed by atoms with E-state index in [1.165, 1.54) is 0 Å². The molecule has 0 radical (unpaired) electrons. The first-order chi connectivity index (χ1) is 10.7. The summed E-state index contributed by atoms with van der Waals surface area (Å²) in [5.41, 5.74) is 2.93. The molecule has 0 aromatic carbocycles. The van der Waals surface area contributed by atoms with Crippen LogP contribution in [0.4, 0.5) is 0 Å². The molecule has 0 amide bonds. The maximum atomic E-state index is 12.7. The topological polar surface area (TPSA) is 56.8 Å². The molecular weight excluding hydrogens is 320 g/mol. The van der Waals surface area contributed by atoms with E-state index in [9.17, 15) is 8.42 Å². The standard InChI is InChI=1S/C14H24N4O2S2/c19-22(20,17-6-2-1-3-7-17)18-8-4-5-16(9-10-18)11-14-12-21-13-15-14/h12-13H,1-11H2. The summed E-state index contributed by atoms with van der Waals surface area (Å²) in [5.74, 6) is 0. The summed E-state index contributed by atoms with van der Waals surface area (Å²) in [5, 5.41) is 2.06. The summed E-state index contributed by atoms with van der Waals surface area (Å²) in [4.78, 5) is 6.63. The zero-order valence-electron chi connectivity index (χ0n) is 12.9. The van der Waals surface area contributed by atoms with E-state index in [2.05, 4.69) is 15.3 Å². The van der Waals surface area contributed by atoms with Crippen LogP contribution in [0.15, 0.2) is 10.9 Å². The molecule has 2 aliphatic rings. The van der Waals surface area contributed by atoms with Gasteiger partial charge in [-0.1, -0.05) is 6.42 Å². The van der Waals surface area contributed by atoms with E-state index < -0.39 is 10.2 Å². The molecule has 1 aromatic heterocycles. The van der Waals surface area contributed by atoms with Gasteiger partial charge in [0.2, 0.25) is 0 Å². The maximum Gasteiger partial charge on any atom is 0.282 e. The molecule has 0 atom stereocenters. The molecular formula is C14H24N4O2S2. The molecule has 2 saturated heterocycles. The summed E-state index contributed by atoms with van der Waals surface area (Å²) in [6.45, 7) is 5.12. The fraction of sp³-hybridized carbons (Fsp3) is 0.786. The first-order valence-corrected chi connectivity index (χ1v) is 10.3. The van der Waals surface area contributed by atoms with Gasteiger partial charge < -0.3 is 0 Å². The molecule has 3 heterocycles. The van der Waals surface area contributed by atoms with Crippen molar-refractivity contribution >= 4 is 21.5 Å². The molecule has 0 aliphatic carbocycles. The van der Waals surface area contributed by atoms with Crippen LogP contribution >= 0.6 is 11.3 Å². The molecule has 0 bridgehead atoms. The predicted molar refractivity (Wildman–Crippen MR) is 87.9 cm³/mol. The minimum absolute atomic E-state index is 0.586. The van der Waals surface area contributed by atoms with Crippen LogP contribution in [0.25, 0.3) is 0 Å².